The van der Waals surface area contributed by atoms with Gasteiger partial charge in [-0.1, -0.05) is 29.3 Å². The van der Waals surface area contributed by atoms with Crippen LogP contribution in [0.25, 0.3) is 0 Å². The molecule has 120 valence electrons. The third-order valence-electron chi connectivity index (χ3n) is 3.60. The molecule has 5 nitrogen and oxygen atoms in total. The van der Waals surface area contributed by atoms with E-state index in [1.54, 1.807) is 16.7 Å². The summed E-state index contributed by atoms with van der Waals surface area (Å²) in [5, 5.41) is 11.9. The zero-order chi connectivity index (χ0) is 16.1. The molecule has 1 aromatic rings. The average molecular weight is 322 g/mol. The van der Waals surface area contributed by atoms with Gasteiger partial charge in [-0.15, -0.1) is 11.8 Å². The highest BCUT2D eigenvalue weighted by Gasteiger charge is 2.27. The van der Waals surface area contributed by atoms with Crippen LogP contribution in [-0.4, -0.2) is 53.3 Å². The molecular formula is C16H22N2O3S. The zero-order valence-electron chi connectivity index (χ0n) is 13.0. The second-order valence-electron chi connectivity index (χ2n) is 5.67. The molecule has 1 fully saturated rings. The van der Waals surface area contributed by atoms with Crippen molar-refractivity contribution in [1.29, 1.82) is 0 Å². The molecule has 1 saturated heterocycles. The highest BCUT2D eigenvalue weighted by atomic mass is 32.2. The van der Waals surface area contributed by atoms with Gasteiger partial charge in [0.05, 0.1) is 5.75 Å². The number of benzene rings is 1. The van der Waals surface area contributed by atoms with E-state index in [1.807, 2.05) is 0 Å². The largest absolute Gasteiger partial charge is 0.480 e. The molecule has 1 amide bonds. The predicted octanol–water partition coefficient (Wildman–Crippen LogP) is 1.42. The van der Waals surface area contributed by atoms with E-state index >= 15 is 0 Å². The number of hydrogen-bond donors (Lipinski definition) is 2. The van der Waals surface area contributed by atoms with Crippen molar-refractivity contribution in [2.75, 3.05) is 25.4 Å². The Morgan fingerprint density at radius 1 is 1.32 bits per heavy atom. The number of carbonyl (C=O) groups excluding carboxylic acids is 1. The Morgan fingerprint density at radius 2 is 2.00 bits per heavy atom. The Labute approximate surface area is 135 Å². The Bertz CT molecular complexity index is 542. The highest BCUT2D eigenvalue weighted by molar-refractivity contribution is 7.99. The second-order valence-corrected chi connectivity index (χ2v) is 6.66. The molecule has 0 bridgehead atoms. The van der Waals surface area contributed by atoms with Gasteiger partial charge in [-0.05, 0) is 19.4 Å². The zero-order valence-corrected chi connectivity index (χ0v) is 13.8. The first-order chi connectivity index (χ1) is 10.5. The number of nitrogens with one attached hydrogen (secondary N) is 1. The monoisotopic (exact) mass is 322 g/mol. The van der Waals surface area contributed by atoms with Crippen LogP contribution in [0.2, 0.25) is 0 Å². The van der Waals surface area contributed by atoms with Gasteiger partial charge in [-0.3, -0.25) is 9.59 Å². The Hall–Kier alpha value is -1.53. The van der Waals surface area contributed by atoms with E-state index in [2.05, 4.69) is 37.4 Å². The molecule has 1 heterocycles. The van der Waals surface area contributed by atoms with Crippen LogP contribution in [0.5, 0.6) is 0 Å². The quantitative estimate of drug-likeness (QED) is 0.858. The number of carboxylic acid groups (broad SMARTS) is 1. The molecule has 0 spiro atoms. The van der Waals surface area contributed by atoms with Crippen LogP contribution < -0.4 is 5.32 Å². The molecule has 22 heavy (non-hydrogen) atoms. The fraction of sp³-hybridized carbons (Fsp3) is 0.500. The molecular weight excluding hydrogens is 300 g/mol. The van der Waals surface area contributed by atoms with Crippen molar-refractivity contribution in [3.8, 4) is 0 Å². The molecule has 1 aromatic carbocycles. The molecule has 1 aliphatic rings. The van der Waals surface area contributed by atoms with Crippen LogP contribution in [0.3, 0.4) is 0 Å². The van der Waals surface area contributed by atoms with Gasteiger partial charge in [0, 0.05) is 25.4 Å². The SMILES string of the molecule is Cc1cc(C)cc(CSCC(=O)N2CCN[C@@H](C(=O)O)C2)c1. The van der Waals surface area contributed by atoms with Gasteiger partial charge in [0.25, 0.3) is 0 Å². The smallest absolute Gasteiger partial charge is 0.322 e. The van der Waals surface area contributed by atoms with Crippen LogP contribution in [0.4, 0.5) is 0 Å². The summed E-state index contributed by atoms with van der Waals surface area (Å²) in [5.74, 6) is 0.296. The van der Waals surface area contributed by atoms with E-state index in [4.69, 9.17) is 5.11 Å². The van der Waals surface area contributed by atoms with Gasteiger partial charge >= 0.3 is 5.97 Å². The summed E-state index contributed by atoms with van der Waals surface area (Å²) in [6.07, 6.45) is 0. The van der Waals surface area contributed by atoms with E-state index < -0.39 is 12.0 Å². The number of amides is 1. The molecule has 0 radical (unpaired) electrons. The summed E-state index contributed by atoms with van der Waals surface area (Å²) in [6, 6.07) is 5.75. The summed E-state index contributed by atoms with van der Waals surface area (Å²) >= 11 is 1.58. The van der Waals surface area contributed by atoms with Crippen molar-refractivity contribution >= 4 is 23.6 Å². The van der Waals surface area contributed by atoms with Gasteiger partial charge < -0.3 is 15.3 Å². The number of carbonyl (C=O) groups is 2. The minimum Gasteiger partial charge on any atom is -0.480 e. The molecule has 1 atom stereocenters. The summed E-state index contributed by atoms with van der Waals surface area (Å²) in [4.78, 5) is 24.8. The number of piperazine rings is 1. The lowest BCUT2D eigenvalue weighted by Gasteiger charge is -2.31. The summed E-state index contributed by atoms with van der Waals surface area (Å²) in [7, 11) is 0. The number of aliphatic carboxylic acids is 1. The van der Waals surface area contributed by atoms with Crippen LogP contribution in [0, 0.1) is 13.8 Å². The van der Waals surface area contributed by atoms with E-state index in [0.29, 0.717) is 18.8 Å². The lowest BCUT2D eigenvalue weighted by atomic mass is 10.1. The molecule has 2 rings (SSSR count). The van der Waals surface area contributed by atoms with Crippen molar-refractivity contribution in [1.82, 2.24) is 10.2 Å². The van der Waals surface area contributed by atoms with E-state index in [0.717, 1.165) is 5.75 Å². The molecule has 0 unspecified atom stereocenters. The first-order valence-corrected chi connectivity index (χ1v) is 8.50. The number of thioether (sulfide) groups is 1. The molecule has 2 N–H and O–H groups in total. The topological polar surface area (TPSA) is 69.6 Å². The van der Waals surface area contributed by atoms with Gasteiger partial charge in [-0.25, -0.2) is 0 Å². The number of carboxylic acids is 1. The Balaban J connectivity index is 1.81. The van der Waals surface area contributed by atoms with E-state index in [-0.39, 0.29) is 12.5 Å². The van der Waals surface area contributed by atoms with Crippen LogP contribution in [0.15, 0.2) is 18.2 Å². The van der Waals surface area contributed by atoms with Gasteiger partial charge in [0.15, 0.2) is 0 Å². The summed E-state index contributed by atoms with van der Waals surface area (Å²) < 4.78 is 0. The fourth-order valence-electron chi connectivity index (χ4n) is 2.64. The van der Waals surface area contributed by atoms with Gasteiger partial charge in [-0.2, -0.15) is 0 Å². The minimum atomic E-state index is -0.902. The molecule has 0 saturated carbocycles. The maximum Gasteiger partial charge on any atom is 0.322 e. The lowest BCUT2D eigenvalue weighted by Crippen LogP contribution is -2.56. The van der Waals surface area contributed by atoms with Crippen molar-refractivity contribution in [2.45, 2.75) is 25.6 Å². The Morgan fingerprint density at radius 3 is 2.64 bits per heavy atom. The van der Waals surface area contributed by atoms with Gasteiger partial charge in [0.1, 0.15) is 6.04 Å². The number of hydrogen-bond acceptors (Lipinski definition) is 4. The van der Waals surface area contributed by atoms with Crippen molar-refractivity contribution in [3.05, 3.63) is 34.9 Å². The van der Waals surface area contributed by atoms with E-state index in [9.17, 15) is 9.59 Å². The lowest BCUT2D eigenvalue weighted by molar-refractivity contribution is -0.142. The Kier molecular flexibility index (Phi) is 5.85. The highest BCUT2D eigenvalue weighted by Crippen LogP contribution is 2.16. The van der Waals surface area contributed by atoms with Gasteiger partial charge in [0.2, 0.25) is 5.91 Å². The molecule has 6 heteroatoms. The third kappa shape index (κ3) is 4.74. The molecule has 0 aromatic heterocycles. The molecule has 0 aliphatic carbocycles. The first-order valence-electron chi connectivity index (χ1n) is 7.34. The minimum absolute atomic E-state index is 0.0159. The molecule has 1 aliphatic heterocycles. The number of nitrogens with zero attached hydrogens (tertiary/aromatic N) is 1. The van der Waals surface area contributed by atoms with Crippen LogP contribution in [-0.2, 0) is 15.3 Å². The maximum absolute atomic E-state index is 12.2. The number of aryl methyl sites for hydroxylation is 2. The predicted molar refractivity (Wildman–Crippen MR) is 88.1 cm³/mol. The standard InChI is InChI=1S/C16H22N2O3S/c1-11-5-12(2)7-13(6-11)9-22-10-15(19)18-4-3-17-14(8-18)16(20)21/h5-7,14,17H,3-4,8-10H2,1-2H3,(H,20,21)/t14-/m1/s1. The second kappa shape index (κ2) is 7.65. The van der Waals surface area contributed by atoms with Crippen molar-refractivity contribution in [2.24, 2.45) is 0 Å². The van der Waals surface area contributed by atoms with Crippen LogP contribution >= 0.6 is 11.8 Å². The maximum atomic E-state index is 12.2. The van der Waals surface area contributed by atoms with E-state index in [1.165, 1.54) is 16.7 Å². The third-order valence-corrected chi connectivity index (χ3v) is 4.59. The summed E-state index contributed by atoms with van der Waals surface area (Å²) in [6.45, 7) is 5.49. The first kappa shape index (κ1) is 16.8. The average Bonchev–Trinajstić information content (AvgIpc) is 2.46. The summed E-state index contributed by atoms with van der Waals surface area (Å²) in [5.41, 5.74) is 3.68. The fourth-order valence-corrected chi connectivity index (χ4v) is 3.50. The van der Waals surface area contributed by atoms with Crippen molar-refractivity contribution in [3.63, 3.8) is 0 Å². The van der Waals surface area contributed by atoms with Crippen LogP contribution in [0.1, 0.15) is 16.7 Å². The van der Waals surface area contributed by atoms with Crippen molar-refractivity contribution < 1.29 is 14.7 Å². The normalized spacial score (nSPS) is 18.3. The number of rotatable bonds is 5.